The number of rotatable bonds is 3. The lowest BCUT2D eigenvalue weighted by Crippen LogP contribution is -2.28. The van der Waals surface area contributed by atoms with Gasteiger partial charge in [0.25, 0.3) is 0 Å². The molecule has 2 aromatic rings. The van der Waals surface area contributed by atoms with Crippen molar-refractivity contribution in [1.82, 2.24) is 14.9 Å². The van der Waals surface area contributed by atoms with Crippen molar-refractivity contribution < 1.29 is 0 Å². The maximum Gasteiger partial charge on any atom is 0.110 e. The number of nitrogens with zero attached hydrogens (tertiary/aromatic N) is 2. The van der Waals surface area contributed by atoms with Crippen LogP contribution in [0.25, 0.3) is 5.69 Å². The molecule has 3 rings (SSSR count). The number of halogens is 1. The van der Waals surface area contributed by atoms with Gasteiger partial charge in [-0.2, -0.15) is 0 Å². The van der Waals surface area contributed by atoms with Crippen LogP contribution in [0.15, 0.2) is 30.6 Å². The zero-order valence-corrected chi connectivity index (χ0v) is 12.5. The van der Waals surface area contributed by atoms with Crippen LogP contribution in [0.4, 0.5) is 0 Å². The Morgan fingerprint density at radius 3 is 2.80 bits per heavy atom. The van der Waals surface area contributed by atoms with E-state index >= 15 is 0 Å². The minimum absolute atomic E-state index is 0.785. The summed E-state index contributed by atoms with van der Waals surface area (Å²) in [4.78, 5) is 4.25. The largest absolute Gasteiger partial charge is 0.317 e. The highest BCUT2D eigenvalue weighted by molar-refractivity contribution is 6.32. The molecule has 0 saturated carbocycles. The van der Waals surface area contributed by atoms with E-state index in [4.69, 9.17) is 11.6 Å². The lowest BCUT2D eigenvalue weighted by Gasteiger charge is -2.22. The maximum absolute atomic E-state index is 6.45. The summed E-state index contributed by atoms with van der Waals surface area (Å²) in [6.45, 7) is 4.27. The molecule has 1 aliphatic rings. The van der Waals surface area contributed by atoms with Gasteiger partial charge in [-0.05, 0) is 62.9 Å². The van der Waals surface area contributed by atoms with Crippen LogP contribution in [0, 0.1) is 12.8 Å². The van der Waals surface area contributed by atoms with Crippen molar-refractivity contribution in [3.8, 4) is 5.69 Å². The number of aryl methyl sites for hydroxylation is 1. The molecule has 106 valence electrons. The highest BCUT2D eigenvalue weighted by atomic mass is 35.5. The Kier molecular flexibility index (Phi) is 4.08. The van der Waals surface area contributed by atoms with Crippen LogP contribution >= 0.6 is 11.6 Å². The monoisotopic (exact) mass is 289 g/mol. The van der Waals surface area contributed by atoms with E-state index in [1.165, 1.54) is 18.4 Å². The van der Waals surface area contributed by atoms with E-state index in [-0.39, 0.29) is 0 Å². The van der Waals surface area contributed by atoms with E-state index in [0.717, 1.165) is 42.0 Å². The summed E-state index contributed by atoms with van der Waals surface area (Å²) >= 11 is 6.45. The fourth-order valence-electron chi connectivity index (χ4n) is 2.92. The molecule has 1 aliphatic heterocycles. The average molecular weight is 290 g/mol. The van der Waals surface area contributed by atoms with Crippen LogP contribution in [-0.4, -0.2) is 22.6 Å². The van der Waals surface area contributed by atoms with Gasteiger partial charge >= 0.3 is 0 Å². The third kappa shape index (κ3) is 2.89. The van der Waals surface area contributed by atoms with E-state index in [1.54, 1.807) is 6.20 Å². The van der Waals surface area contributed by atoms with Crippen molar-refractivity contribution in [1.29, 1.82) is 0 Å². The van der Waals surface area contributed by atoms with Crippen molar-refractivity contribution in [2.75, 3.05) is 13.1 Å². The van der Waals surface area contributed by atoms with Crippen LogP contribution in [0.3, 0.4) is 0 Å². The third-order valence-electron chi connectivity index (χ3n) is 4.08. The minimum Gasteiger partial charge on any atom is -0.317 e. The van der Waals surface area contributed by atoms with Gasteiger partial charge in [-0.25, -0.2) is 4.98 Å². The topological polar surface area (TPSA) is 29.9 Å². The predicted molar refractivity (Wildman–Crippen MR) is 82.6 cm³/mol. The number of benzene rings is 1. The molecule has 0 unspecified atom stereocenters. The normalized spacial score (nSPS) is 16.5. The van der Waals surface area contributed by atoms with Gasteiger partial charge in [-0.15, -0.1) is 0 Å². The van der Waals surface area contributed by atoms with Gasteiger partial charge in [0.1, 0.15) is 5.82 Å². The first-order valence-electron chi connectivity index (χ1n) is 7.23. The minimum atomic E-state index is 0.785. The zero-order chi connectivity index (χ0) is 13.9. The van der Waals surface area contributed by atoms with E-state index in [1.807, 2.05) is 17.7 Å². The Hall–Kier alpha value is -1.32. The van der Waals surface area contributed by atoms with Gasteiger partial charge in [-0.3, -0.25) is 0 Å². The van der Waals surface area contributed by atoms with Crippen molar-refractivity contribution in [2.45, 2.75) is 26.2 Å². The van der Waals surface area contributed by atoms with Crippen molar-refractivity contribution in [2.24, 2.45) is 5.92 Å². The van der Waals surface area contributed by atoms with E-state index < -0.39 is 0 Å². The molecule has 0 aliphatic carbocycles. The third-order valence-corrected chi connectivity index (χ3v) is 4.38. The molecule has 2 heterocycles. The smallest absolute Gasteiger partial charge is 0.110 e. The second-order valence-electron chi connectivity index (χ2n) is 5.53. The van der Waals surface area contributed by atoms with Crippen LogP contribution in [0.5, 0.6) is 0 Å². The van der Waals surface area contributed by atoms with Crippen molar-refractivity contribution in [3.63, 3.8) is 0 Å². The molecular weight excluding hydrogens is 270 g/mol. The highest BCUT2D eigenvalue weighted by Gasteiger charge is 2.14. The number of aromatic nitrogens is 2. The van der Waals surface area contributed by atoms with E-state index in [0.29, 0.717) is 0 Å². The summed E-state index contributed by atoms with van der Waals surface area (Å²) in [5, 5.41) is 4.21. The summed E-state index contributed by atoms with van der Waals surface area (Å²) in [6, 6.07) is 6.41. The Labute approximate surface area is 125 Å². The summed E-state index contributed by atoms with van der Waals surface area (Å²) in [6.07, 6.45) is 7.40. The van der Waals surface area contributed by atoms with Crippen LogP contribution in [0.1, 0.15) is 24.2 Å². The van der Waals surface area contributed by atoms with Gasteiger partial charge < -0.3 is 9.88 Å². The lowest BCUT2D eigenvalue weighted by molar-refractivity contribution is 0.372. The molecule has 0 bridgehead atoms. The molecule has 1 saturated heterocycles. The lowest BCUT2D eigenvalue weighted by atomic mass is 9.91. The van der Waals surface area contributed by atoms with Gasteiger partial charge in [0.2, 0.25) is 0 Å². The maximum atomic E-state index is 6.45. The van der Waals surface area contributed by atoms with Crippen molar-refractivity contribution >= 4 is 11.6 Å². The van der Waals surface area contributed by atoms with Crippen molar-refractivity contribution in [3.05, 3.63) is 47.0 Å². The summed E-state index contributed by atoms with van der Waals surface area (Å²) in [7, 11) is 0. The van der Waals surface area contributed by atoms with Crippen LogP contribution in [0.2, 0.25) is 5.02 Å². The Balaban J connectivity index is 1.79. The fourth-order valence-corrected chi connectivity index (χ4v) is 3.22. The fraction of sp³-hybridized carbons (Fsp3) is 0.438. The molecule has 1 aromatic heterocycles. The highest BCUT2D eigenvalue weighted by Crippen LogP contribution is 2.25. The molecule has 4 heteroatoms. The Bertz CT molecular complexity index is 585. The molecule has 1 N–H and O–H groups in total. The summed E-state index contributed by atoms with van der Waals surface area (Å²) in [5.41, 5.74) is 2.35. The quantitative estimate of drug-likeness (QED) is 0.939. The number of nitrogens with one attached hydrogen (secondary N) is 1. The number of hydrogen-bond acceptors (Lipinski definition) is 2. The summed E-state index contributed by atoms with van der Waals surface area (Å²) < 4.78 is 2.02. The number of imidazole rings is 1. The van der Waals surface area contributed by atoms with Gasteiger partial charge in [0, 0.05) is 12.4 Å². The zero-order valence-electron chi connectivity index (χ0n) is 11.8. The first kappa shape index (κ1) is 13.7. The molecular formula is C16H20ClN3. The Morgan fingerprint density at radius 2 is 2.15 bits per heavy atom. The number of hydrogen-bond donors (Lipinski definition) is 1. The second-order valence-corrected chi connectivity index (χ2v) is 5.93. The molecule has 0 spiro atoms. The second kappa shape index (κ2) is 5.98. The van der Waals surface area contributed by atoms with E-state index in [9.17, 15) is 0 Å². The Morgan fingerprint density at radius 1 is 1.35 bits per heavy atom. The first-order valence-corrected chi connectivity index (χ1v) is 7.61. The molecule has 0 radical (unpaired) electrons. The molecule has 1 fully saturated rings. The van der Waals surface area contributed by atoms with Crippen LogP contribution < -0.4 is 5.32 Å². The molecule has 0 atom stereocenters. The summed E-state index contributed by atoms with van der Waals surface area (Å²) in [5.74, 6) is 1.74. The average Bonchev–Trinajstić information content (AvgIpc) is 2.86. The molecule has 0 amide bonds. The molecule has 20 heavy (non-hydrogen) atoms. The molecule has 3 nitrogen and oxygen atoms in total. The standard InChI is InChI=1S/C16H20ClN3/c1-12-19-8-9-20(12)16-3-2-14(11-15(16)17)10-13-4-6-18-7-5-13/h2-3,8-9,11,13,18H,4-7,10H2,1H3. The van der Waals surface area contributed by atoms with Gasteiger partial charge in [0.05, 0.1) is 10.7 Å². The predicted octanol–water partition coefficient (Wildman–Crippen LogP) is 3.38. The SMILES string of the molecule is Cc1nccn1-c1ccc(CC2CCNCC2)cc1Cl. The van der Waals surface area contributed by atoms with Crippen LogP contribution in [-0.2, 0) is 6.42 Å². The molecule has 1 aromatic carbocycles. The number of piperidine rings is 1. The van der Waals surface area contributed by atoms with Gasteiger partial charge in [0.15, 0.2) is 0 Å². The van der Waals surface area contributed by atoms with E-state index in [2.05, 4.69) is 28.5 Å². The first-order chi connectivity index (χ1) is 9.74. The van der Waals surface area contributed by atoms with Gasteiger partial charge in [-0.1, -0.05) is 17.7 Å².